The fourth-order valence-electron chi connectivity index (χ4n) is 2.33. The number of anilines is 2. The summed E-state index contributed by atoms with van der Waals surface area (Å²) in [5.41, 5.74) is 0. The summed E-state index contributed by atoms with van der Waals surface area (Å²) < 4.78 is 0. The molecule has 0 unspecified atom stereocenters. The standard InChI is InChI=1S/C16H28N4/c1-5-7-10-20(13-8-9-13)15-11-14(17-6-2)18-16(19-15)12(3)4/h11-13H,5-10H2,1-4H3,(H,17,18,19). The normalized spacial score (nSPS) is 14.7. The van der Waals surface area contributed by atoms with E-state index >= 15 is 0 Å². The van der Waals surface area contributed by atoms with E-state index in [0.29, 0.717) is 12.0 Å². The number of nitrogens with zero attached hydrogens (tertiary/aromatic N) is 3. The molecule has 1 fully saturated rings. The highest BCUT2D eigenvalue weighted by molar-refractivity contribution is 5.51. The molecule has 112 valence electrons. The van der Waals surface area contributed by atoms with E-state index in [2.05, 4.69) is 49.0 Å². The molecule has 1 aliphatic carbocycles. The number of nitrogens with one attached hydrogen (secondary N) is 1. The van der Waals surface area contributed by atoms with E-state index in [9.17, 15) is 0 Å². The molecule has 0 saturated heterocycles. The van der Waals surface area contributed by atoms with Gasteiger partial charge < -0.3 is 10.2 Å². The second-order valence-corrected chi connectivity index (χ2v) is 5.93. The summed E-state index contributed by atoms with van der Waals surface area (Å²) in [6.07, 6.45) is 5.07. The quantitative estimate of drug-likeness (QED) is 0.784. The minimum Gasteiger partial charge on any atom is -0.370 e. The zero-order valence-electron chi connectivity index (χ0n) is 13.3. The molecular weight excluding hydrogens is 248 g/mol. The fraction of sp³-hybridized carbons (Fsp3) is 0.750. The molecule has 1 aromatic heterocycles. The average molecular weight is 276 g/mol. The van der Waals surface area contributed by atoms with Crippen LogP contribution in [0.15, 0.2) is 6.07 Å². The van der Waals surface area contributed by atoms with Crippen molar-refractivity contribution in [2.24, 2.45) is 0 Å². The summed E-state index contributed by atoms with van der Waals surface area (Å²) in [6, 6.07) is 2.81. The number of aromatic nitrogens is 2. The first-order valence-electron chi connectivity index (χ1n) is 8.05. The Morgan fingerprint density at radius 3 is 2.60 bits per heavy atom. The monoisotopic (exact) mass is 276 g/mol. The number of hydrogen-bond acceptors (Lipinski definition) is 4. The first kappa shape index (κ1) is 15.1. The van der Waals surface area contributed by atoms with Crippen molar-refractivity contribution in [1.29, 1.82) is 0 Å². The second-order valence-electron chi connectivity index (χ2n) is 5.93. The van der Waals surface area contributed by atoms with Crippen LogP contribution in [0.5, 0.6) is 0 Å². The minimum absolute atomic E-state index is 0.361. The molecule has 0 aromatic carbocycles. The molecule has 20 heavy (non-hydrogen) atoms. The van der Waals surface area contributed by atoms with Crippen molar-refractivity contribution in [2.75, 3.05) is 23.3 Å². The van der Waals surface area contributed by atoms with Crippen LogP contribution in [0.3, 0.4) is 0 Å². The lowest BCUT2D eigenvalue weighted by molar-refractivity contribution is 0.692. The van der Waals surface area contributed by atoms with Crippen LogP contribution < -0.4 is 10.2 Å². The van der Waals surface area contributed by atoms with Gasteiger partial charge in [0, 0.05) is 31.1 Å². The van der Waals surface area contributed by atoms with Crippen molar-refractivity contribution in [3.63, 3.8) is 0 Å². The predicted molar refractivity (Wildman–Crippen MR) is 85.6 cm³/mol. The molecule has 0 bridgehead atoms. The van der Waals surface area contributed by atoms with Gasteiger partial charge in [-0.1, -0.05) is 27.2 Å². The first-order valence-corrected chi connectivity index (χ1v) is 8.05. The van der Waals surface area contributed by atoms with Crippen LogP contribution in [-0.4, -0.2) is 29.1 Å². The van der Waals surface area contributed by atoms with E-state index in [1.165, 1.54) is 25.7 Å². The lowest BCUT2D eigenvalue weighted by atomic mass is 10.2. The van der Waals surface area contributed by atoms with Gasteiger partial charge in [-0.15, -0.1) is 0 Å². The van der Waals surface area contributed by atoms with Crippen LogP contribution in [0.4, 0.5) is 11.6 Å². The summed E-state index contributed by atoms with van der Waals surface area (Å²) in [7, 11) is 0. The van der Waals surface area contributed by atoms with Gasteiger partial charge in [0.2, 0.25) is 0 Å². The molecule has 1 aliphatic rings. The lowest BCUT2D eigenvalue weighted by Crippen LogP contribution is -2.28. The molecule has 1 N–H and O–H groups in total. The summed E-state index contributed by atoms with van der Waals surface area (Å²) in [5.74, 6) is 3.37. The fourth-order valence-corrected chi connectivity index (χ4v) is 2.33. The van der Waals surface area contributed by atoms with Gasteiger partial charge in [0.1, 0.15) is 17.5 Å². The zero-order chi connectivity index (χ0) is 14.5. The molecule has 4 heteroatoms. The topological polar surface area (TPSA) is 41.0 Å². The summed E-state index contributed by atoms with van der Waals surface area (Å²) >= 11 is 0. The van der Waals surface area contributed by atoms with Crippen LogP contribution in [0.1, 0.15) is 65.1 Å². The lowest BCUT2D eigenvalue weighted by Gasteiger charge is -2.24. The van der Waals surface area contributed by atoms with Gasteiger partial charge in [0.25, 0.3) is 0 Å². The van der Waals surface area contributed by atoms with Crippen molar-refractivity contribution in [2.45, 2.75) is 65.3 Å². The Morgan fingerprint density at radius 1 is 1.30 bits per heavy atom. The molecule has 0 atom stereocenters. The highest BCUT2D eigenvalue weighted by atomic mass is 15.2. The highest BCUT2D eigenvalue weighted by Crippen LogP contribution is 2.32. The molecule has 0 aliphatic heterocycles. The van der Waals surface area contributed by atoms with E-state index in [-0.39, 0.29) is 0 Å². The largest absolute Gasteiger partial charge is 0.370 e. The van der Waals surface area contributed by atoms with Gasteiger partial charge in [-0.25, -0.2) is 9.97 Å². The maximum atomic E-state index is 4.80. The molecule has 0 spiro atoms. The summed E-state index contributed by atoms with van der Waals surface area (Å²) in [4.78, 5) is 11.9. The van der Waals surface area contributed by atoms with Crippen LogP contribution >= 0.6 is 0 Å². The van der Waals surface area contributed by atoms with Crippen molar-refractivity contribution < 1.29 is 0 Å². The Labute approximate surface area is 123 Å². The van der Waals surface area contributed by atoms with Gasteiger partial charge in [0.15, 0.2) is 0 Å². The maximum Gasteiger partial charge on any atom is 0.135 e. The van der Waals surface area contributed by atoms with Gasteiger partial charge in [-0.3, -0.25) is 0 Å². The SMILES string of the molecule is CCCCN(c1cc(NCC)nc(C(C)C)n1)C1CC1. The molecule has 0 amide bonds. The molecular formula is C16H28N4. The maximum absolute atomic E-state index is 4.80. The van der Waals surface area contributed by atoms with E-state index < -0.39 is 0 Å². The third-order valence-electron chi connectivity index (χ3n) is 3.64. The Kier molecular flexibility index (Phi) is 5.21. The number of unbranched alkanes of at least 4 members (excludes halogenated alkanes) is 1. The van der Waals surface area contributed by atoms with E-state index in [1.54, 1.807) is 0 Å². The summed E-state index contributed by atoms with van der Waals surface area (Å²) in [6.45, 7) is 10.7. The van der Waals surface area contributed by atoms with E-state index in [4.69, 9.17) is 4.98 Å². The van der Waals surface area contributed by atoms with Crippen LogP contribution in [-0.2, 0) is 0 Å². The minimum atomic E-state index is 0.361. The number of rotatable bonds is 8. The smallest absolute Gasteiger partial charge is 0.135 e. The van der Waals surface area contributed by atoms with E-state index in [1.807, 2.05) is 0 Å². The summed E-state index contributed by atoms with van der Waals surface area (Å²) in [5, 5.41) is 3.34. The Balaban J connectivity index is 2.26. The van der Waals surface area contributed by atoms with Crippen LogP contribution in [0.25, 0.3) is 0 Å². The second kappa shape index (κ2) is 6.91. The number of hydrogen-bond donors (Lipinski definition) is 1. The van der Waals surface area contributed by atoms with Crippen molar-refractivity contribution in [1.82, 2.24) is 9.97 Å². The first-order chi connectivity index (χ1) is 9.65. The van der Waals surface area contributed by atoms with E-state index in [0.717, 1.165) is 30.5 Å². The molecule has 2 rings (SSSR count). The van der Waals surface area contributed by atoms with Crippen molar-refractivity contribution in [3.8, 4) is 0 Å². The third-order valence-corrected chi connectivity index (χ3v) is 3.64. The zero-order valence-corrected chi connectivity index (χ0v) is 13.3. The molecule has 1 saturated carbocycles. The van der Waals surface area contributed by atoms with Gasteiger partial charge in [-0.2, -0.15) is 0 Å². The van der Waals surface area contributed by atoms with Gasteiger partial charge >= 0.3 is 0 Å². The average Bonchev–Trinajstić information content (AvgIpc) is 3.24. The molecule has 1 aromatic rings. The third kappa shape index (κ3) is 3.84. The van der Waals surface area contributed by atoms with Crippen molar-refractivity contribution >= 4 is 11.6 Å². The molecule has 1 heterocycles. The highest BCUT2D eigenvalue weighted by Gasteiger charge is 2.30. The molecule has 0 radical (unpaired) electrons. The molecule has 4 nitrogen and oxygen atoms in total. The Bertz CT molecular complexity index is 426. The predicted octanol–water partition coefficient (Wildman–Crippen LogP) is 3.80. The Hall–Kier alpha value is -1.32. The van der Waals surface area contributed by atoms with Gasteiger partial charge in [0.05, 0.1) is 0 Å². The van der Waals surface area contributed by atoms with Crippen molar-refractivity contribution in [3.05, 3.63) is 11.9 Å². The van der Waals surface area contributed by atoms with Crippen LogP contribution in [0, 0.1) is 0 Å². The van der Waals surface area contributed by atoms with Gasteiger partial charge in [-0.05, 0) is 26.2 Å². The Morgan fingerprint density at radius 2 is 2.05 bits per heavy atom. The van der Waals surface area contributed by atoms with Crippen LogP contribution in [0.2, 0.25) is 0 Å².